The average molecular weight is 247 g/mol. The number of carbonyl (C=O) groups excluding carboxylic acids is 1. The van der Waals surface area contributed by atoms with Gasteiger partial charge in [-0.2, -0.15) is 0 Å². The molecular formula is C14H21N3O. The van der Waals surface area contributed by atoms with E-state index in [-0.39, 0.29) is 11.3 Å². The molecule has 2 rings (SSSR count). The van der Waals surface area contributed by atoms with Crippen LogP contribution in [0, 0.1) is 5.41 Å². The Balaban J connectivity index is 1.94. The highest BCUT2D eigenvalue weighted by Crippen LogP contribution is 2.36. The molecule has 1 aliphatic carbocycles. The lowest BCUT2D eigenvalue weighted by molar-refractivity contribution is 0.0929. The molecule has 1 aromatic heterocycles. The van der Waals surface area contributed by atoms with Crippen molar-refractivity contribution in [2.24, 2.45) is 5.41 Å². The minimum Gasteiger partial charge on any atom is -0.373 e. The van der Waals surface area contributed by atoms with Crippen LogP contribution < -0.4 is 10.6 Å². The summed E-state index contributed by atoms with van der Waals surface area (Å²) in [5.41, 5.74) is 0.749. The number of aromatic nitrogens is 1. The largest absolute Gasteiger partial charge is 0.373 e. The minimum atomic E-state index is -0.0831. The van der Waals surface area contributed by atoms with Crippen molar-refractivity contribution in [3.05, 3.63) is 23.9 Å². The van der Waals surface area contributed by atoms with Crippen LogP contribution in [0.1, 0.15) is 43.1 Å². The quantitative estimate of drug-likeness (QED) is 0.859. The molecule has 0 atom stereocenters. The van der Waals surface area contributed by atoms with Gasteiger partial charge in [-0.1, -0.05) is 25.8 Å². The van der Waals surface area contributed by atoms with Gasteiger partial charge in [0.05, 0.1) is 0 Å². The molecule has 1 saturated carbocycles. The fourth-order valence-corrected chi connectivity index (χ4v) is 2.49. The highest BCUT2D eigenvalue weighted by atomic mass is 16.1. The standard InChI is InChI=1S/C14H21N3O/c1-14(8-3-4-9-14)10-16-13(18)11-6-5-7-12(15-2)17-11/h5-7H,3-4,8-10H2,1-2H3,(H,15,17)(H,16,18). The number of pyridine rings is 1. The van der Waals surface area contributed by atoms with Gasteiger partial charge >= 0.3 is 0 Å². The summed E-state index contributed by atoms with van der Waals surface area (Å²) < 4.78 is 0. The van der Waals surface area contributed by atoms with E-state index in [0.717, 1.165) is 12.4 Å². The van der Waals surface area contributed by atoms with E-state index in [2.05, 4.69) is 22.5 Å². The molecule has 0 spiro atoms. The topological polar surface area (TPSA) is 54.0 Å². The summed E-state index contributed by atoms with van der Waals surface area (Å²) in [7, 11) is 1.80. The van der Waals surface area contributed by atoms with E-state index in [0.29, 0.717) is 5.69 Å². The molecule has 1 heterocycles. The number of rotatable bonds is 4. The third-order valence-corrected chi connectivity index (χ3v) is 3.72. The van der Waals surface area contributed by atoms with Gasteiger partial charge in [-0.25, -0.2) is 4.98 Å². The van der Waals surface area contributed by atoms with Crippen molar-refractivity contribution in [2.45, 2.75) is 32.6 Å². The van der Waals surface area contributed by atoms with Crippen LogP contribution in [0.3, 0.4) is 0 Å². The van der Waals surface area contributed by atoms with Crippen molar-refractivity contribution in [3.8, 4) is 0 Å². The Bertz CT molecular complexity index is 425. The van der Waals surface area contributed by atoms with E-state index in [1.54, 1.807) is 13.1 Å². The normalized spacial score (nSPS) is 17.4. The Hall–Kier alpha value is -1.58. The lowest BCUT2D eigenvalue weighted by Crippen LogP contribution is -2.34. The van der Waals surface area contributed by atoms with Crippen molar-refractivity contribution >= 4 is 11.7 Å². The number of hydrogen-bond acceptors (Lipinski definition) is 3. The maximum absolute atomic E-state index is 12.0. The van der Waals surface area contributed by atoms with Gasteiger partial charge < -0.3 is 10.6 Å². The molecule has 0 aromatic carbocycles. The number of anilines is 1. The number of nitrogens with zero attached hydrogens (tertiary/aromatic N) is 1. The summed E-state index contributed by atoms with van der Waals surface area (Å²) in [4.78, 5) is 16.2. The molecule has 98 valence electrons. The number of nitrogens with one attached hydrogen (secondary N) is 2. The van der Waals surface area contributed by atoms with Crippen LogP contribution >= 0.6 is 0 Å². The zero-order valence-electron chi connectivity index (χ0n) is 11.1. The highest BCUT2D eigenvalue weighted by molar-refractivity contribution is 5.92. The Morgan fingerprint density at radius 2 is 2.11 bits per heavy atom. The molecule has 4 heteroatoms. The van der Waals surface area contributed by atoms with E-state index >= 15 is 0 Å². The maximum Gasteiger partial charge on any atom is 0.269 e. The van der Waals surface area contributed by atoms with E-state index < -0.39 is 0 Å². The summed E-state index contributed by atoms with van der Waals surface area (Å²) in [5.74, 6) is 0.634. The molecule has 4 nitrogen and oxygen atoms in total. The number of hydrogen-bond donors (Lipinski definition) is 2. The Labute approximate surface area is 108 Å². The van der Waals surface area contributed by atoms with Crippen LogP contribution in [0.15, 0.2) is 18.2 Å². The van der Waals surface area contributed by atoms with Crippen LogP contribution in [0.25, 0.3) is 0 Å². The van der Waals surface area contributed by atoms with Crippen molar-refractivity contribution in [1.82, 2.24) is 10.3 Å². The summed E-state index contributed by atoms with van der Waals surface area (Å²) in [6.45, 7) is 3.00. The van der Waals surface area contributed by atoms with E-state index in [4.69, 9.17) is 0 Å². The molecule has 0 aliphatic heterocycles. The first kappa shape index (κ1) is 12.9. The Morgan fingerprint density at radius 1 is 1.39 bits per heavy atom. The molecule has 2 N–H and O–H groups in total. The first-order valence-corrected chi connectivity index (χ1v) is 6.56. The number of carbonyl (C=O) groups is 1. The van der Waals surface area contributed by atoms with Crippen molar-refractivity contribution < 1.29 is 4.79 Å². The number of amides is 1. The van der Waals surface area contributed by atoms with Crippen LogP contribution in [0.5, 0.6) is 0 Å². The van der Waals surface area contributed by atoms with Gasteiger partial charge in [0.2, 0.25) is 0 Å². The average Bonchev–Trinajstić information content (AvgIpc) is 2.83. The summed E-state index contributed by atoms with van der Waals surface area (Å²) in [6, 6.07) is 5.42. The molecule has 0 radical (unpaired) electrons. The van der Waals surface area contributed by atoms with Crippen molar-refractivity contribution in [1.29, 1.82) is 0 Å². The summed E-state index contributed by atoms with van der Waals surface area (Å²) in [5, 5.41) is 5.94. The van der Waals surface area contributed by atoms with Crippen LogP contribution in [0.4, 0.5) is 5.82 Å². The second kappa shape index (κ2) is 5.38. The fraction of sp³-hybridized carbons (Fsp3) is 0.571. The molecule has 1 fully saturated rings. The van der Waals surface area contributed by atoms with Crippen LogP contribution in [-0.2, 0) is 0 Å². The van der Waals surface area contributed by atoms with Crippen molar-refractivity contribution in [2.75, 3.05) is 18.9 Å². The lowest BCUT2D eigenvalue weighted by atomic mass is 9.89. The molecular weight excluding hydrogens is 226 g/mol. The van der Waals surface area contributed by atoms with E-state index in [1.165, 1.54) is 25.7 Å². The molecule has 1 aromatic rings. The zero-order valence-corrected chi connectivity index (χ0v) is 11.1. The highest BCUT2D eigenvalue weighted by Gasteiger charge is 2.29. The fourth-order valence-electron chi connectivity index (χ4n) is 2.49. The molecule has 0 saturated heterocycles. The monoisotopic (exact) mass is 247 g/mol. The van der Waals surface area contributed by atoms with Gasteiger partial charge in [0.15, 0.2) is 0 Å². The van der Waals surface area contributed by atoms with Gasteiger partial charge in [0, 0.05) is 13.6 Å². The SMILES string of the molecule is CNc1cccc(C(=O)NCC2(C)CCCC2)n1. The van der Waals surface area contributed by atoms with Gasteiger partial charge in [0.25, 0.3) is 5.91 Å². The first-order chi connectivity index (χ1) is 8.63. The molecule has 1 aliphatic rings. The Kier molecular flexibility index (Phi) is 3.84. The second-order valence-corrected chi connectivity index (χ2v) is 5.36. The molecule has 18 heavy (non-hydrogen) atoms. The van der Waals surface area contributed by atoms with Crippen molar-refractivity contribution in [3.63, 3.8) is 0 Å². The second-order valence-electron chi connectivity index (χ2n) is 5.36. The first-order valence-electron chi connectivity index (χ1n) is 6.56. The lowest BCUT2D eigenvalue weighted by Gasteiger charge is -2.23. The van der Waals surface area contributed by atoms with Gasteiger partial charge in [0.1, 0.15) is 11.5 Å². The zero-order chi connectivity index (χ0) is 13.0. The Morgan fingerprint density at radius 3 is 2.78 bits per heavy atom. The third kappa shape index (κ3) is 3.00. The van der Waals surface area contributed by atoms with Gasteiger partial charge in [-0.05, 0) is 30.4 Å². The smallest absolute Gasteiger partial charge is 0.269 e. The molecule has 1 amide bonds. The third-order valence-electron chi connectivity index (χ3n) is 3.72. The predicted molar refractivity (Wildman–Crippen MR) is 72.7 cm³/mol. The van der Waals surface area contributed by atoms with Gasteiger partial charge in [-0.3, -0.25) is 4.79 Å². The minimum absolute atomic E-state index is 0.0831. The van der Waals surface area contributed by atoms with Gasteiger partial charge in [-0.15, -0.1) is 0 Å². The van der Waals surface area contributed by atoms with E-state index in [1.807, 2.05) is 12.1 Å². The van der Waals surface area contributed by atoms with E-state index in [9.17, 15) is 4.79 Å². The summed E-state index contributed by atoms with van der Waals surface area (Å²) >= 11 is 0. The summed E-state index contributed by atoms with van der Waals surface area (Å²) in [6.07, 6.45) is 4.97. The predicted octanol–water partition coefficient (Wildman–Crippen LogP) is 2.43. The van der Waals surface area contributed by atoms with Crippen LogP contribution in [-0.4, -0.2) is 24.5 Å². The maximum atomic E-state index is 12.0. The van der Waals surface area contributed by atoms with Crippen LogP contribution in [0.2, 0.25) is 0 Å². The molecule has 0 bridgehead atoms. The molecule has 0 unspecified atom stereocenters.